The van der Waals surface area contributed by atoms with Crippen molar-refractivity contribution in [1.29, 1.82) is 0 Å². The van der Waals surface area contributed by atoms with Gasteiger partial charge >= 0.3 is 5.97 Å². The molecule has 7 heteroatoms. The number of carbonyl (C=O) groups is 1. The highest BCUT2D eigenvalue weighted by molar-refractivity contribution is 9.10. The number of nitrogens with zero attached hydrogens (tertiary/aromatic N) is 2. The van der Waals surface area contributed by atoms with Gasteiger partial charge in [0, 0.05) is 16.0 Å². The largest absolute Gasteiger partial charge is 0.478 e. The van der Waals surface area contributed by atoms with E-state index in [1.165, 1.54) is 28.3 Å². The van der Waals surface area contributed by atoms with Gasteiger partial charge in [0.1, 0.15) is 22.8 Å². The van der Waals surface area contributed by atoms with Crippen LogP contribution in [0.4, 0.5) is 4.39 Å². The van der Waals surface area contributed by atoms with Crippen molar-refractivity contribution in [2.24, 2.45) is 0 Å². The molecule has 0 bridgehead atoms. The lowest BCUT2D eigenvalue weighted by atomic mass is 10.2. The average molecular weight is 367 g/mol. The molecule has 21 heavy (non-hydrogen) atoms. The number of carboxylic acids is 1. The number of para-hydroxylation sites is 1. The smallest absolute Gasteiger partial charge is 0.339 e. The van der Waals surface area contributed by atoms with Crippen molar-refractivity contribution in [2.45, 2.75) is 0 Å². The van der Waals surface area contributed by atoms with Gasteiger partial charge in [0.2, 0.25) is 0 Å². The van der Waals surface area contributed by atoms with E-state index in [0.29, 0.717) is 10.6 Å². The Labute approximate surface area is 131 Å². The highest BCUT2D eigenvalue weighted by atomic mass is 79.9. The molecule has 2 aromatic heterocycles. The molecule has 2 heterocycles. The van der Waals surface area contributed by atoms with Gasteiger partial charge in [0.25, 0.3) is 0 Å². The van der Waals surface area contributed by atoms with Crippen LogP contribution < -0.4 is 0 Å². The van der Waals surface area contributed by atoms with Crippen molar-refractivity contribution in [3.63, 3.8) is 0 Å². The molecule has 1 N–H and O–H groups in total. The van der Waals surface area contributed by atoms with E-state index in [0.717, 1.165) is 4.47 Å². The first-order valence-electron chi connectivity index (χ1n) is 5.88. The van der Waals surface area contributed by atoms with Crippen LogP contribution >= 0.6 is 27.3 Å². The third kappa shape index (κ3) is 2.62. The number of hydrogen-bond donors (Lipinski definition) is 1. The van der Waals surface area contributed by atoms with Crippen LogP contribution in [0.1, 0.15) is 10.4 Å². The Bertz CT molecular complexity index is 828. The summed E-state index contributed by atoms with van der Waals surface area (Å²) in [7, 11) is 0. The molecule has 0 spiro atoms. The van der Waals surface area contributed by atoms with Crippen LogP contribution in [0.15, 0.2) is 46.4 Å². The van der Waals surface area contributed by atoms with Crippen LogP contribution in [-0.4, -0.2) is 20.9 Å². The number of benzene rings is 1. The molecule has 0 saturated carbocycles. The van der Waals surface area contributed by atoms with Gasteiger partial charge in [0.05, 0.1) is 4.88 Å². The molecule has 0 fully saturated rings. The van der Waals surface area contributed by atoms with Gasteiger partial charge in [-0.3, -0.25) is 0 Å². The first kappa shape index (κ1) is 14.0. The van der Waals surface area contributed by atoms with Crippen molar-refractivity contribution >= 4 is 33.2 Å². The SMILES string of the molecule is O=C(O)c1cn(-c2ccccc2F)nc1-c1cc(Br)cs1. The first-order chi connectivity index (χ1) is 10.1. The first-order valence-corrected chi connectivity index (χ1v) is 7.56. The molecule has 0 saturated heterocycles. The molecule has 0 amide bonds. The number of carboxylic acid groups (broad SMARTS) is 1. The van der Waals surface area contributed by atoms with Gasteiger partial charge in [-0.25, -0.2) is 13.9 Å². The normalized spacial score (nSPS) is 10.8. The monoisotopic (exact) mass is 366 g/mol. The van der Waals surface area contributed by atoms with Crippen molar-refractivity contribution < 1.29 is 14.3 Å². The molecule has 3 rings (SSSR count). The van der Waals surface area contributed by atoms with Gasteiger partial charge < -0.3 is 5.11 Å². The summed E-state index contributed by atoms with van der Waals surface area (Å²) in [5, 5.41) is 15.4. The number of aromatic nitrogens is 2. The Morgan fingerprint density at radius 1 is 1.38 bits per heavy atom. The van der Waals surface area contributed by atoms with Gasteiger partial charge in [-0.05, 0) is 34.1 Å². The maximum absolute atomic E-state index is 13.8. The number of rotatable bonds is 3. The van der Waals surface area contributed by atoms with Gasteiger partial charge in [0.15, 0.2) is 0 Å². The minimum atomic E-state index is -1.10. The summed E-state index contributed by atoms with van der Waals surface area (Å²) in [5.41, 5.74) is 0.566. The number of hydrogen-bond acceptors (Lipinski definition) is 3. The molecule has 4 nitrogen and oxygen atoms in total. The van der Waals surface area contributed by atoms with Crippen LogP contribution in [0.5, 0.6) is 0 Å². The molecule has 0 radical (unpaired) electrons. The van der Waals surface area contributed by atoms with E-state index < -0.39 is 11.8 Å². The van der Waals surface area contributed by atoms with Gasteiger partial charge in [-0.1, -0.05) is 12.1 Å². The zero-order valence-corrected chi connectivity index (χ0v) is 12.9. The maximum Gasteiger partial charge on any atom is 0.339 e. The topological polar surface area (TPSA) is 55.1 Å². The fourth-order valence-corrected chi connectivity index (χ4v) is 3.34. The highest BCUT2D eigenvalue weighted by Gasteiger charge is 2.20. The standard InChI is InChI=1S/C14H8BrFN2O2S/c15-8-5-12(21-7-8)13-9(14(19)20)6-18(17-13)11-4-2-1-3-10(11)16/h1-7H,(H,19,20). The molecule has 0 aliphatic rings. The average Bonchev–Trinajstić information content (AvgIpc) is 3.05. The van der Waals surface area contributed by atoms with Crippen LogP contribution in [0, 0.1) is 5.82 Å². The molecule has 1 aromatic carbocycles. The summed E-state index contributed by atoms with van der Waals surface area (Å²) in [5.74, 6) is -1.56. The summed E-state index contributed by atoms with van der Waals surface area (Å²) >= 11 is 4.69. The van der Waals surface area contributed by atoms with Crippen LogP contribution in [0.3, 0.4) is 0 Å². The van der Waals surface area contributed by atoms with Crippen molar-refractivity contribution in [2.75, 3.05) is 0 Å². The van der Waals surface area contributed by atoms with Crippen molar-refractivity contribution in [3.8, 4) is 16.3 Å². The zero-order valence-electron chi connectivity index (χ0n) is 10.5. The molecule has 106 valence electrons. The number of thiophene rings is 1. The maximum atomic E-state index is 13.8. The van der Waals surface area contributed by atoms with E-state index in [1.54, 1.807) is 24.3 Å². The second-order valence-corrected chi connectivity index (χ2v) is 6.05. The lowest BCUT2D eigenvalue weighted by molar-refractivity contribution is 0.0697. The minimum Gasteiger partial charge on any atom is -0.478 e. The Hall–Kier alpha value is -1.99. The molecule has 0 aliphatic heterocycles. The van der Waals surface area contributed by atoms with E-state index >= 15 is 0 Å². The van der Waals surface area contributed by atoms with Crippen LogP contribution in [-0.2, 0) is 0 Å². The Morgan fingerprint density at radius 3 is 2.76 bits per heavy atom. The third-order valence-corrected chi connectivity index (χ3v) is 4.54. The summed E-state index contributed by atoms with van der Waals surface area (Å²) < 4.78 is 15.9. The summed E-state index contributed by atoms with van der Waals surface area (Å²) in [6.45, 7) is 0. The quantitative estimate of drug-likeness (QED) is 0.755. The molecule has 0 aliphatic carbocycles. The lowest BCUT2D eigenvalue weighted by Gasteiger charge is -2.01. The Morgan fingerprint density at radius 2 is 2.14 bits per heavy atom. The second kappa shape index (κ2) is 5.42. The highest BCUT2D eigenvalue weighted by Crippen LogP contribution is 2.32. The predicted molar refractivity (Wildman–Crippen MR) is 81.5 cm³/mol. The minimum absolute atomic E-state index is 0.0348. The molecule has 0 atom stereocenters. The van der Waals surface area contributed by atoms with E-state index in [2.05, 4.69) is 21.0 Å². The second-order valence-electron chi connectivity index (χ2n) is 4.22. The number of halogens is 2. The van der Waals surface area contributed by atoms with Crippen LogP contribution in [0.2, 0.25) is 0 Å². The fraction of sp³-hybridized carbons (Fsp3) is 0. The molecular formula is C14H8BrFN2O2S. The van der Waals surface area contributed by atoms with E-state index in [9.17, 15) is 14.3 Å². The fourth-order valence-electron chi connectivity index (χ4n) is 1.91. The summed E-state index contributed by atoms with van der Waals surface area (Å²) in [4.78, 5) is 12.1. The lowest BCUT2D eigenvalue weighted by Crippen LogP contribution is -1.98. The van der Waals surface area contributed by atoms with E-state index in [1.807, 2.05) is 5.38 Å². The van der Waals surface area contributed by atoms with E-state index in [-0.39, 0.29) is 11.3 Å². The molecule has 0 unspecified atom stereocenters. The summed E-state index contributed by atoms with van der Waals surface area (Å²) in [6, 6.07) is 7.87. The molecular weight excluding hydrogens is 359 g/mol. The summed E-state index contributed by atoms with van der Waals surface area (Å²) in [6.07, 6.45) is 1.32. The zero-order chi connectivity index (χ0) is 15.0. The van der Waals surface area contributed by atoms with Crippen molar-refractivity contribution in [3.05, 3.63) is 57.8 Å². The van der Waals surface area contributed by atoms with Crippen molar-refractivity contribution in [1.82, 2.24) is 9.78 Å². The van der Waals surface area contributed by atoms with E-state index in [4.69, 9.17) is 0 Å². The Kier molecular flexibility index (Phi) is 3.60. The number of aromatic carboxylic acids is 1. The third-order valence-electron chi connectivity index (χ3n) is 2.84. The van der Waals surface area contributed by atoms with Gasteiger partial charge in [-0.2, -0.15) is 5.10 Å². The molecule has 3 aromatic rings. The van der Waals surface area contributed by atoms with Gasteiger partial charge in [-0.15, -0.1) is 11.3 Å². The predicted octanol–water partition coefficient (Wildman–Crippen LogP) is 4.20. The Balaban J connectivity index is 2.18. The van der Waals surface area contributed by atoms with Crippen LogP contribution in [0.25, 0.3) is 16.3 Å².